The molecule has 128 valence electrons. The number of esters is 1. The SMILES string of the molecule is CCOC(=O)C(C#N)=Cc1[nH]cc(CCC(=O)O)c1CCC(=O)O. The van der Waals surface area contributed by atoms with Crippen LogP contribution in [-0.4, -0.2) is 39.7 Å². The highest BCUT2D eigenvalue weighted by atomic mass is 16.5. The Labute approximate surface area is 138 Å². The molecule has 0 aliphatic carbocycles. The number of aromatic nitrogens is 1. The van der Waals surface area contributed by atoms with Crippen LogP contribution in [0.2, 0.25) is 0 Å². The third-order valence-corrected chi connectivity index (χ3v) is 3.22. The molecule has 0 unspecified atom stereocenters. The van der Waals surface area contributed by atoms with Gasteiger partial charge in [0.05, 0.1) is 6.61 Å². The van der Waals surface area contributed by atoms with Crippen LogP contribution in [0.1, 0.15) is 36.6 Å². The number of nitrogens with one attached hydrogen (secondary N) is 1. The molecular formula is C16H18N2O6. The van der Waals surface area contributed by atoms with Crippen LogP contribution in [0.5, 0.6) is 0 Å². The lowest BCUT2D eigenvalue weighted by Gasteiger charge is -2.04. The summed E-state index contributed by atoms with van der Waals surface area (Å²) in [6, 6.07) is 1.74. The maximum atomic E-state index is 11.7. The summed E-state index contributed by atoms with van der Waals surface area (Å²) in [7, 11) is 0. The minimum Gasteiger partial charge on any atom is -0.481 e. The summed E-state index contributed by atoms with van der Waals surface area (Å²) in [5.41, 5.74) is 1.41. The van der Waals surface area contributed by atoms with Crippen molar-refractivity contribution >= 4 is 24.0 Å². The second kappa shape index (κ2) is 9.15. The van der Waals surface area contributed by atoms with Gasteiger partial charge in [-0.15, -0.1) is 0 Å². The molecule has 1 heterocycles. The third kappa shape index (κ3) is 5.61. The number of hydrogen-bond donors (Lipinski definition) is 3. The van der Waals surface area contributed by atoms with Crippen LogP contribution in [0.3, 0.4) is 0 Å². The fourth-order valence-electron chi connectivity index (χ4n) is 2.12. The van der Waals surface area contributed by atoms with Crippen molar-refractivity contribution in [1.82, 2.24) is 4.98 Å². The summed E-state index contributed by atoms with van der Waals surface area (Å²) in [4.78, 5) is 36.1. The van der Waals surface area contributed by atoms with E-state index < -0.39 is 17.9 Å². The number of H-pyrrole nitrogens is 1. The Balaban J connectivity index is 3.16. The lowest BCUT2D eigenvalue weighted by atomic mass is 10.0. The summed E-state index contributed by atoms with van der Waals surface area (Å²) < 4.78 is 4.78. The van der Waals surface area contributed by atoms with Crippen molar-refractivity contribution in [2.45, 2.75) is 32.6 Å². The molecule has 0 aliphatic rings. The van der Waals surface area contributed by atoms with Gasteiger partial charge in [-0.3, -0.25) is 9.59 Å². The van der Waals surface area contributed by atoms with Gasteiger partial charge in [0, 0.05) is 24.7 Å². The fourth-order valence-corrected chi connectivity index (χ4v) is 2.12. The molecule has 0 fully saturated rings. The van der Waals surface area contributed by atoms with E-state index >= 15 is 0 Å². The van der Waals surface area contributed by atoms with E-state index in [9.17, 15) is 14.4 Å². The molecule has 3 N–H and O–H groups in total. The maximum absolute atomic E-state index is 11.7. The first-order chi connectivity index (χ1) is 11.4. The Hall–Kier alpha value is -3.08. The van der Waals surface area contributed by atoms with Gasteiger partial charge in [0.2, 0.25) is 0 Å². The van der Waals surface area contributed by atoms with Gasteiger partial charge >= 0.3 is 17.9 Å². The molecule has 1 aromatic rings. The molecule has 8 heteroatoms. The quantitative estimate of drug-likeness (QED) is 0.353. The normalized spacial score (nSPS) is 10.9. The first kappa shape index (κ1) is 19.0. The molecular weight excluding hydrogens is 316 g/mol. The second-order valence-electron chi connectivity index (χ2n) is 4.88. The molecule has 0 saturated carbocycles. The Morgan fingerprint density at radius 3 is 2.42 bits per heavy atom. The van der Waals surface area contributed by atoms with E-state index in [1.165, 1.54) is 6.08 Å². The largest absolute Gasteiger partial charge is 0.481 e. The fraction of sp³-hybridized carbons (Fsp3) is 0.375. The molecule has 0 aliphatic heterocycles. The van der Waals surface area contributed by atoms with Crippen molar-refractivity contribution in [3.05, 3.63) is 28.6 Å². The van der Waals surface area contributed by atoms with E-state index in [0.29, 0.717) is 16.8 Å². The Morgan fingerprint density at radius 2 is 1.88 bits per heavy atom. The smallest absolute Gasteiger partial charge is 0.348 e. The summed E-state index contributed by atoms with van der Waals surface area (Å²) in [6.45, 7) is 1.74. The van der Waals surface area contributed by atoms with Gasteiger partial charge in [-0.25, -0.2) is 4.79 Å². The van der Waals surface area contributed by atoms with E-state index in [0.717, 1.165) is 0 Å². The number of carboxylic acid groups (broad SMARTS) is 2. The van der Waals surface area contributed by atoms with Gasteiger partial charge in [-0.05, 0) is 37.0 Å². The number of carbonyl (C=O) groups excluding carboxylic acids is 1. The summed E-state index contributed by atoms with van der Waals surface area (Å²) in [6.07, 6.45) is 2.97. The predicted molar refractivity (Wildman–Crippen MR) is 82.9 cm³/mol. The number of aromatic amines is 1. The van der Waals surface area contributed by atoms with Crippen LogP contribution in [0.4, 0.5) is 0 Å². The molecule has 0 aromatic carbocycles. The lowest BCUT2D eigenvalue weighted by molar-refractivity contribution is -0.138. The van der Waals surface area contributed by atoms with Crippen LogP contribution >= 0.6 is 0 Å². The van der Waals surface area contributed by atoms with E-state index in [1.807, 2.05) is 0 Å². The molecule has 0 saturated heterocycles. The van der Waals surface area contributed by atoms with Crippen LogP contribution in [0.25, 0.3) is 6.08 Å². The lowest BCUT2D eigenvalue weighted by Crippen LogP contribution is -2.07. The van der Waals surface area contributed by atoms with Crippen molar-refractivity contribution in [3.63, 3.8) is 0 Å². The third-order valence-electron chi connectivity index (χ3n) is 3.22. The first-order valence-electron chi connectivity index (χ1n) is 7.30. The van der Waals surface area contributed by atoms with Crippen LogP contribution < -0.4 is 0 Å². The van der Waals surface area contributed by atoms with E-state index in [2.05, 4.69) is 4.98 Å². The van der Waals surface area contributed by atoms with Gasteiger partial charge < -0.3 is 19.9 Å². The van der Waals surface area contributed by atoms with Gasteiger partial charge in [0.25, 0.3) is 0 Å². The molecule has 8 nitrogen and oxygen atoms in total. The average Bonchev–Trinajstić information content (AvgIpc) is 2.90. The second-order valence-corrected chi connectivity index (χ2v) is 4.88. The summed E-state index contributed by atoms with van der Waals surface area (Å²) in [5.74, 6) is -2.74. The van der Waals surface area contributed by atoms with Crippen LogP contribution in [0, 0.1) is 11.3 Å². The van der Waals surface area contributed by atoms with E-state index in [4.69, 9.17) is 20.2 Å². The number of nitriles is 1. The zero-order chi connectivity index (χ0) is 18.1. The van der Waals surface area contributed by atoms with Crippen molar-refractivity contribution in [2.24, 2.45) is 0 Å². The molecule has 1 rings (SSSR count). The van der Waals surface area contributed by atoms with E-state index in [1.54, 1.807) is 19.2 Å². The zero-order valence-corrected chi connectivity index (χ0v) is 13.2. The summed E-state index contributed by atoms with van der Waals surface area (Å²) in [5, 5.41) is 26.7. The highest BCUT2D eigenvalue weighted by Gasteiger charge is 2.16. The number of aryl methyl sites for hydroxylation is 1. The van der Waals surface area contributed by atoms with Crippen molar-refractivity contribution in [3.8, 4) is 6.07 Å². The number of nitrogens with zero attached hydrogens (tertiary/aromatic N) is 1. The number of carbonyl (C=O) groups is 3. The average molecular weight is 334 g/mol. The topological polar surface area (TPSA) is 140 Å². The van der Waals surface area contributed by atoms with Crippen molar-refractivity contribution < 1.29 is 29.3 Å². The molecule has 24 heavy (non-hydrogen) atoms. The number of hydrogen-bond acceptors (Lipinski definition) is 5. The molecule has 0 spiro atoms. The Morgan fingerprint density at radius 1 is 1.25 bits per heavy atom. The van der Waals surface area contributed by atoms with Crippen molar-refractivity contribution in [1.29, 1.82) is 5.26 Å². The Bertz CT molecular complexity index is 696. The van der Waals surface area contributed by atoms with Crippen LogP contribution in [-0.2, 0) is 32.0 Å². The number of rotatable bonds is 9. The van der Waals surface area contributed by atoms with Gasteiger partial charge in [-0.1, -0.05) is 0 Å². The monoisotopic (exact) mass is 334 g/mol. The molecule has 0 radical (unpaired) electrons. The zero-order valence-electron chi connectivity index (χ0n) is 13.2. The highest BCUT2D eigenvalue weighted by Crippen LogP contribution is 2.21. The standard InChI is InChI=1S/C16H18N2O6/c1-2-24-16(23)11(8-17)7-13-12(4-6-15(21)22)10(9-18-13)3-5-14(19)20/h7,9,18H,2-6H2,1H3,(H,19,20)(H,21,22). The van der Waals surface area contributed by atoms with Gasteiger partial charge in [-0.2, -0.15) is 5.26 Å². The Kier molecular flexibility index (Phi) is 7.23. The number of ether oxygens (including phenoxy) is 1. The molecule has 0 atom stereocenters. The first-order valence-corrected chi connectivity index (χ1v) is 7.30. The van der Waals surface area contributed by atoms with Gasteiger partial charge in [0.15, 0.2) is 0 Å². The number of aliphatic carboxylic acids is 2. The molecule has 0 amide bonds. The minimum absolute atomic E-state index is 0.107. The highest BCUT2D eigenvalue weighted by molar-refractivity contribution is 5.97. The minimum atomic E-state index is -0.999. The maximum Gasteiger partial charge on any atom is 0.348 e. The van der Waals surface area contributed by atoms with Crippen LogP contribution in [0.15, 0.2) is 11.8 Å². The summed E-state index contributed by atoms with van der Waals surface area (Å²) >= 11 is 0. The molecule has 0 bridgehead atoms. The van der Waals surface area contributed by atoms with Gasteiger partial charge in [0.1, 0.15) is 11.6 Å². The molecule has 1 aromatic heterocycles. The number of carboxylic acids is 2. The van der Waals surface area contributed by atoms with E-state index in [-0.39, 0.29) is 37.9 Å². The predicted octanol–water partition coefficient (Wildman–Crippen LogP) is 1.52. The van der Waals surface area contributed by atoms with Crippen molar-refractivity contribution in [2.75, 3.05) is 6.61 Å².